The maximum absolute atomic E-state index is 6.25. The van der Waals surface area contributed by atoms with Crippen LogP contribution in [-0.4, -0.2) is 4.98 Å². The lowest BCUT2D eigenvalue weighted by Crippen LogP contribution is -2.12. The van der Waals surface area contributed by atoms with Gasteiger partial charge in [-0.25, -0.2) is 0 Å². The molecule has 0 spiro atoms. The topological polar surface area (TPSA) is 39.2 Å². The van der Waals surface area contributed by atoms with Gasteiger partial charge >= 0.3 is 0 Å². The molecule has 0 saturated heterocycles. The van der Waals surface area contributed by atoms with E-state index in [1.54, 1.807) is 6.26 Å². The van der Waals surface area contributed by atoms with E-state index in [0.29, 0.717) is 0 Å². The molecule has 3 aromatic carbocycles. The highest BCUT2D eigenvalue weighted by Gasteiger charge is 2.21. The zero-order chi connectivity index (χ0) is 21.3. The van der Waals surface area contributed by atoms with Crippen LogP contribution in [-0.2, 0) is 5.41 Å². The van der Waals surface area contributed by atoms with Crippen molar-refractivity contribution in [2.45, 2.75) is 33.1 Å². The number of furan rings is 2. The van der Waals surface area contributed by atoms with Gasteiger partial charge in [-0.1, -0.05) is 45.0 Å². The van der Waals surface area contributed by atoms with Gasteiger partial charge in [0, 0.05) is 22.5 Å². The first-order valence-corrected chi connectivity index (χ1v) is 10.6. The van der Waals surface area contributed by atoms with Crippen molar-refractivity contribution >= 4 is 43.7 Å². The standard InChI is InChI=1S/C28H23NO2/c1-16-15-30-24-14-21-25(13-20(16)24)31-23-9-10-29-27(26(21)23)18-11-17-7-5-6-8-19(17)22(12-18)28(2,3)4/h5-15H,1-4H3. The summed E-state index contributed by atoms with van der Waals surface area (Å²) >= 11 is 0. The summed E-state index contributed by atoms with van der Waals surface area (Å²) in [5.74, 6) is 0. The summed E-state index contributed by atoms with van der Waals surface area (Å²) in [6.45, 7) is 8.83. The zero-order valence-electron chi connectivity index (χ0n) is 18.1. The first-order chi connectivity index (χ1) is 14.9. The summed E-state index contributed by atoms with van der Waals surface area (Å²) in [5, 5.41) is 5.66. The van der Waals surface area contributed by atoms with Crippen LogP contribution in [0.5, 0.6) is 0 Å². The molecule has 3 heterocycles. The van der Waals surface area contributed by atoms with Crippen LogP contribution in [0.1, 0.15) is 31.9 Å². The summed E-state index contributed by atoms with van der Waals surface area (Å²) in [7, 11) is 0. The third kappa shape index (κ3) is 2.70. The van der Waals surface area contributed by atoms with E-state index in [-0.39, 0.29) is 5.41 Å². The Kier molecular flexibility index (Phi) is 3.64. The number of benzene rings is 3. The highest BCUT2D eigenvalue weighted by atomic mass is 16.3. The molecule has 0 atom stereocenters. The second kappa shape index (κ2) is 6.21. The number of pyridine rings is 1. The fourth-order valence-corrected chi connectivity index (χ4v) is 4.66. The van der Waals surface area contributed by atoms with Crippen molar-refractivity contribution in [2.75, 3.05) is 0 Å². The Morgan fingerprint density at radius 2 is 1.61 bits per heavy atom. The van der Waals surface area contributed by atoms with Crippen molar-refractivity contribution in [3.8, 4) is 11.3 Å². The van der Waals surface area contributed by atoms with E-state index in [9.17, 15) is 0 Å². The lowest BCUT2D eigenvalue weighted by atomic mass is 9.82. The van der Waals surface area contributed by atoms with E-state index in [2.05, 4.69) is 76.2 Å². The first-order valence-electron chi connectivity index (χ1n) is 10.6. The summed E-state index contributed by atoms with van der Waals surface area (Å²) in [6.07, 6.45) is 3.63. The molecule has 152 valence electrons. The molecule has 6 rings (SSSR count). The van der Waals surface area contributed by atoms with Gasteiger partial charge in [-0.15, -0.1) is 0 Å². The van der Waals surface area contributed by atoms with Crippen molar-refractivity contribution in [2.24, 2.45) is 0 Å². The molecule has 0 unspecified atom stereocenters. The van der Waals surface area contributed by atoms with Crippen LogP contribution in [0.25, 0.3) is 54.9 Å². The minimum absolute atomic E-state index is 0.0137. The van der Waals surface area contributed by atoms with Crippen LogP contribution in [0.4, 0.5) is 0 Å². The number of rotatable bonds is 1. The monoisotopic (exact) mass is 405 g/mol. The molecule has 0 aliphatic rings. The van der Waals surface area contributed by atoms with Gasteiger partial charge in [0.1, 0.15) is 16.7 Å². The second-order valence-electron chi connectivity index (χ2n) is 9.39. The highest BCUT2D eigenvalue weighted by molar-refractivity contribution is 6.14. The Hall–Kier alpha value is -3.59. The maximum atomic E-state index is 6.25. The average molecular weight is 405 g/mol. The summed E-state index contributed by atoms with van der Waals surface area (Å²) in [4.78, 5) is 4.82. The fourth-order valence-electron chi connectivity index (χ4n) is 4.66. The molecule has 0 fully saturated rings. The molecule has 0 bridgehead atoms. The number of aryl methyl sites for hydroxylation is 1. The quantitative estimate of drug-likeness (QED) is 0.277. The molecule has 0 N–H and O–H groups in total. The van der Waals surface area contributed by atoms with Crippen LogP contribution >= 0.6 is 0 Å². The average Bonchev–Trinajstić information content (AvgIpc) is 3.30. The van der Waals surface area contributed by atoms with E-state index in [1.807, 2.05) is 12.3 Å². The van der Waals surface area contributed by atoms with Crippen LogP contribution in [0.3, 0.4) is 0 Å². The van der Waals surface area contributed by atoms with E-state index in [1.165, 1.54) is 16.3 Å². The highest BCUT2D eigenvalue weighted by Crippen LogP contribution is 2.40. The van der Waals surface area contributed by atoms with E-state index in [0.717, 1.165) is 49.7 Å². The normalized spacial score (nSPS) is 12.5. The van der Waals surface area contributed by atoms with Gasteiger partial charge in [0.15, 0.2) is 0 Å². The molecule has 3 heteroatoms. The smallest absolute Gasteiger partial charge is 0.139 e. The molecule has 0 saturated carbocycles. The Bertz CT molecular complexity index is 1630. The van der Waals surface area contributed by atoms with Crippen molar-refractivity contribution in [3.05, 3.63) is 78.2 Å². The third-order valence-electron chi connectivity index (χ3n) is 6.21. The molecule has 0 aliphatic heterocycles. The Morgan fingerprint density at radius 1 is 0.806 bits per heavy atom. The largest absolute Gasteiger partial charge is 0.464 e. The lowest BCUT2D eigenvalue weighted by molar-refractivity contribution is 0.596. The van der Waals surface area contributed by atoms with Crippen molar-refractivity contribution in [1.82, 2.24) is 4.98 Å². The van der Waals surface area contributed by atoms with Crippen LogP contribution < -0.4 is 0 Å². The van der Waals surface area contributed by atoms with Gasteiger partial charge in [-0.3, -0.25) is 4.98 Å². The predicted octanol–water partition coefficient (Wildman–Crippen LogP) is 8.15. The molecule has 6 aromatic rings. The van der Waals surface area contributed by atoms with Gasteiger partial charge in [-0.05, 0) is 64.6 Å². The molecular formula is C28H23NO2. The predicted molar refractivity (Wildman–Crippen MR) is 128 cm³/mol. The van der Waals surface area contributed by atoms with Crippen molar-refractivity contribution in [1.29, 1.82) is 0 Å². The number of aromatic nitrogens is 1. The Morgan fingerprint density at radius 3 is 2.45 bits per heavy atom. The number of fused-ring (bicyclic) bond motifs is 5. The second-order valence-corrected chi connectivity index (χ2v) is 9.39. The van der Waals surface area contributed by atoms with E-state index >= 15 is 0 Å². The van der Waals surface area contributed by atoms with Crippen molar-refractivity contribution in [3.63, 3.8) is 0 Å². The minimum Gasteiger partial charge on any atom is -0.464 e. The number of hydrogen-bond acceptors (Lipinski definition) is 3. The number of hydrogen-bond donors (Lipinski definition) is 0. The van der Waals surface area contributed by atoms with E-state index < -0.39 is 0 Å². The van der Waals surface area contributed by atoms with Gasteiger partial charge in [0.05, 0.1) is 17.3 Å². The lowest BCUT2D eigenvalue weighted by Gasteiger charge is -2.22. The zero-order valence-corrected chi connectivity index (χ0v) is 18.1. The first kappa shape index (κ1) is 18.2. The molecule has 0 radical (unpaired) electrons. The molecule has 3 aromatic heterocycles. The number of nitrogens with zero attached hydrogens (tertiary/aromatic N) is 1. The van der Waals surface area contributed by atoms with Gasteiger partial charge in [-0.2, -0.15) is 0 Å². The van der Waals surface area contributed by atoms with Gasteiger partial charge < -0.3 is 8.83 Å². The minimum atomic E-state index is 0.0137. The van der Waals surface area contributed by atoms with Crippen LogP contribution in [0.15, 0.2) is 75.9 Å². The summed E-state index contributed by atoms with van der Waals surface area (Å²) < 4.78 is 12.0. The Labute approximate surface area is 180 Å². The molecular weight excluding hydrogens is 382 g/mol. The van der Waals surface area contributed by atoms with Gasteiger partial charge in [0.25, 0.3) is 0 Å². The summed E-state index contributed by atoms with van der Waals surface area (Å²) in [5.41, 5.74) is 7.06. The molecule has 0 amide bonds. The molecule has 0 aliphatic carbocycles. The Balaban J connectivity index is 1.72. The maximum Gasteiger partial charge on any atom is 0.139 e. The SMILES string of the molecule is Cc1coc2cc3c(cc12)oc1ccnc(-c2cc(C(C)(C)C)c4ccccc4c2)c13. The van der Waals surface area contributed by atoms with Gasteiger partial charge in [0.2, 0.25) is 0 Å². The molecule has 3 nitrogen and oxygen atoms in total. The van der Waals surface area contributed by atoms with Crippen LogP contribution in [0.2, 0.25) is 0 Å². The summed E-state index contributed by atoms with van der Waals surface area (Å²) in [6, 6.07) is 19.2. The third-order valence-corrected chi connectivity index (χ3v) is 6.21. The van der Waals surface area contributed by atoms with E-state index in [4.69, 9.17) is 13.8 Å². The molecule has 31 heavy (non-hydrogen) atoms. The fraction of sp³-hybridized carbons (Fsp3) is 0.179. The van der Waals surface area contributed by atoms with Crippen LogP contribution in [0, 0.1) is 6.92 Å². The van der Waals surface area contributed by atoms with Crippen molar-refractivity contribution < 1.29 is 8.83 Å².